The van der Waals surface area contributed by atoms with Crippen LogP contribution in [0.25, 0.3) is 10.9 Å². The monoisotopic (exact) mass is 462 g/mol. The molecule has 1 fully saturated rings. The number of piperidine rings is 1. The summed E-state index contributed by atoms with van der Waals surface area (Å²) in [6.07, 6.45) is 5.04. The van der Waals surface area contributed by atoms with Gasteiger partial charge in [-0.15, -0.1) is 5.53 Å². The Morgan fingerprint density at radius 2 is 2.15 bits per heavy atom. The molecule has 5 rings (SSSR count). The number of hydrogen-bond donors (Lipinski definition) is 3. The lowest BCUT2D eigenvalue weighted by Gasteiger charge is -2.34. The second-order valence-corrected chi connectivity index (χ2v) is 9.69. The number of hydrogen-bond acceptors (Lipinski definition) is 9. The van der Waals surface area contributed by atoms with Crippen molar-refractivity contribution in [2.75, 3.05) is 28.4 Å². The Kier molecular flexibility index (Phi) is 5.82. The number of fused-ring (bicyclic) bond motifs is 2. The molecule has 3 aromatic rings. The maximum absolute atomic E-state index is 12.2. The zero-order valence-corrected chi connectivity index (χ0v) is 19.7. The molecular formula is C24H30N8O2. The molecule has 178 valence electrons. The van der Waals surface area contributed by atoms with E-state index in [0.717, 1.165) is 47.5 Å². The van der Waals surface area contributed by atoms with Crippen molar-refractivity contribution >= 4 is 34.4 Å². The van der Waals surface area contributed by atoms with Crippen molar-refractivity contribution in [3.8, 4) is 0 Å². The van der Waals surface area contributed by atoms with Gasteiger partial charge in [0.2, 0.25) is 0 Å². The fourth-order valence-electron chi connectivity index (χ4n) is 4.27. The van der Waals surface area contributed by atoms with E-state index >= 15 is 0 Å². The summed E-state index contributed by atoms with van der Waals surface area (Å²) in [7, 11) is 0. The molecule has 0 spiro atoms. The average molecular weight is 463 g/mol. The molecule has 1 atom stereocenters. The van der Waals surface area contributed by atoms with Gasteiger partial charge in [0.05, 0.1) is 18.3 Å². The molecule has 34 heavy (non-hydrogen) atoms. The fourth-order valence-corrected chi connectivity index (χ4v) is 4.27. The molecule has 3 N–H and O–H groups in total. The summed E-state index contributed by atoms with van der Waals surface area (Å²) in [4.78, 5) is 28.2. The van der Waals surface area contributed by atoms with Crippen molar-refractivity contribution in [1.82, 2.24) is 25.8 Å². The van der Waals surface area contributed by atoms with Crippen LogP contribution in [-0.2, 0) is 11.3 Å². The number of nitrogens with zero attached hydrogens (tertiary/aromatic N) is 5. The Hall–Kier alpha value is -3.66. The largest absolute Gasteiger partial charge is 0.444 e. The summed E-state index contributed by atoms with van der Waals surface area (Å²) in [5.74, 6) is 2.21. The van der Waals surface area contributed by atoms with Gasteiger partial charge in [-0.1, -0.05) is 12.1 Å². The third-order valence-electron chi connectivity index (χ3n) is 5.78. The van der Waals surface area contributed by atoms with Crippen molar-refractivity contribution in [2.24, 2.45) is 0 Å². The van der Waals surface area contributed by atoms with Crippen LogP contribution in [0.15, 0.2) is 42.7 Å². The van der Waals surface area contributed by atoms with Crippen LogP contribution >= 0.6 is 0 Å². The minimum absolute atomic E-state index is 0.00258. The first kappa shape index (κ1) is 22.1. The number of alkyl carbamates (subject to hydrolysis) is 1. The van der Waals surface area contributed by atoms with Gasteiger partial charge >= 0.3 is 6.09 Å². The van der Waals surface area contributed by atoms with Crippen molar-refractivity contribution in [3.05, 3.63) is 48.3 Å². The van der Waals surface area contributed by atoms with Gasteiger partial charge in [0.25, 0.3) is 0 Å². The van der Waals surface area contributed by atoms with Gasteiger partial charge in [0, 0.05) is 30.7 Å². The van der Waals surface area contributed by atoms with E-state index in [0.29, 0.717) is 18.9 Å². The van der Waals surface area contributed by atoms with E-state index in [1.807, 2.05) is 37.9 Å². The smallest absolute Gasteiger partial charge is 0.407 e. The summed E-state index contributed by atoms with van der Waals surface area (Å²) in [5.41, 5.74) is 7.84. The Morgan fingerprint density at radius 1 is 1.26 bits per heavy atom. The van der Waals surface area contributed by atoms with Crippen LogP contribution in [0.3, 0.4) is 0 Å². The summed E-state index contributed by atoms with van der Waals surface area (Å²) in [6, 6.07) is 10.2. The lowest BCUT2D eigenvalue weighted by Crippen LogP contribution is -2.49. The van der Waals surface area contributed by atoms with E-state index in [1.54, 1.807) is 12.4 Å². The molecule has 1 saturated heterocycles. The zero-order chi connectivity index (χ0) is 23.7. The Morgan fingerprint density at radius 3 is 3.00 bits per heavy atom. The Bertz CT molecular complexity index is 1200. The first-order chi connectivity index (χ1) is 16.3. The van der Waals surface area contributed by atoms with Crippen LogP contribution < -0.4 is 26.2 Å². The van der Waals surface area contributed by atoms with Gasteiger partial charge in [-0.25, -0.2) is 14.8 Å². The lowest BCUT2D eigenvalue weighted by molar-refractivity contribution is 0.0500. The summed E-state index contributed by atoms with van der Waals surface area (Å²) < 4.78 is 5.42. The number of carbonyl (C=O) groups is 1. The lowest BCUT2D eigenvalue weighted by atomic mass is 10.1. The maximum atomic E-state index is 12.2. The molecule has 2 aromatic heterocycles. The van der Waals surface area contributed by atoms with Crippen LogP contribution in [0.5, 0.6) is 0 Å². The minimum atomic E-state index is -0.519. The number of aromatic nitrogens is 3. The van der Waals surface area contributed by atoms with E-state index in [1.165, 1.54) is 0 Å². The van der Waals surface area contributed by atoms with E-state index in [2.05, 4.69) is 49.3 Å². The van der Waals surface area contributed by atoms with Crippen molar-refractivity contribution in [2.45, 2.75) is 51.8 Å². The highest BCUT2D eigenvalue weighted by molar-refractivity contribution is 5.79. The summed E-state index contributed by atoms with van der Waals surface area (Å²) >= 11 is 0. The fraction of sp³-hybridized carbons (Fsp3) is 0.417. The number of ether oxygens (including phenoxy) is 1. The normalized spacial score (nSPS) is 17.9. The number of anilines is 3. The van der Waals surface area contributed by atoms with Gasteiger partial charge in [0.15, 0.2) is 11.6 Å². The first-order valence-electron chi connectivity index (χ1n) is 11.6. The van der Waals surface area contributed by atoms with Crippen molar-refractivity contribution in [1.29, 1.82) is 0 Å². The second kappa shape index (κ2) is 8.94. The zero-order valence-electron chi connectivity index (χ0n) is 19.7. The van der Waals surface area contributed by atoms with E-state index in [4.69, 9.17) is 9.72 Å². The van der Waals surface area contributed by atoms with Crippen LogP contribution in [-0.4, -0.2) is 45.8 Å². The summed E-state index contributed by atoms with van der Waals surface area (Å²) in [5, 5.41) is 6.04. The Balaban J connectivity index is 1.28. The van der Waals surface area contributed by atoms with Gasteiger partial charge in [0.1, 0.15) is 11.4 Å². The highest BCUT2D eigenvalue weighted by Gasteiger charge is 2.28. The third-order valence-corrected chi connectivity index (χ3v) is 5.78. The third kappa shape index (κ3) is 4.96. The minimum Gasteiger partial charge on any atom is -0.444 e. The number of nitrogens with one attached hydrogen (secondary N) is 3. The molecule has 0 saturated carbocycles. The number of carbonyl (C=O) groups excluding carboxylic acids is 1. The van der Waals surface area contributed by atoms with Gasteiger partial charge in [-0.3, -0.25) is 15.4 Å². The Labute approximate surface area is 198 Å². The molecule has 2 aliphatic heterocycles. The molecule has 10 heteroatoms. The standard InChI is InChI=1S/C24H30N8O2/c1-24(2,3)34-23(33)27-18-7-5-11-31(15-18)20-13-26-21-22(28-20)32(30-29-21)14-16-8-9-19-17(12-16)6-4-10-25-19/h4,6,8-10,12-13,18,30H,5,7,11,14-15H2,1-3H3,(H,26,29)(H,27,33)/t18-/m1/s1. The molecule has 0 radical (unpaired) electrons. The van der Waals surface area contributed by atoms with E-state index < -0.39 is 5.60 Å². The molecule has 1 aromatic carbocycles. The molecule has 2 aliphatic rings. The molecule has 4 heterocycles. The van der Waals surface area contributed by atoms with Crippen LogP contribution in [0.4, 0.5) is 22.2 Å². The average Bonchev–Trinajstić information content (AvgIpc) is 3.20. The number of rotatable bonds is 4. The molecule has 0 aliphatic carbocycles. The van der Waals surface area contributed by atoms with Crippen molar-refractivity contribution in [3.63, 3.8) is 0 Å². The van der Waals surface area contributed by atoms with Crippen LogP contribution in [0.1, 0.15) is 39.2 Å². The predicted molar refractivity (Wildman–Crippen MR) is 131 cm³/mol. The SMILES string of the molecule is CC(C)(C)OC(=O)N[C@@H]1CCCN(c2cnc3c(n2)N(Cc2ccc4ncccc4c2)NN3)C1. The number of pyridine rings is 1. The number of hydrazine groups is 2. The first-order valence-corrected chi connectivity index (χ1v) is 11.6. The van der Waals surface area contributed by atoms with Gasteiger partial charge in [-0.2, -0.15) is 0 Å². The molecular weight excluding hydrogens is 432 g/mol. The molecule has 10 nitrogen and oxygen atoms in total. The van der Waals surface area contributed by atoms with E-state index in [-0.39, 0.29) is 12.1 Å². The second-order valence-electron chi connectivity index (χ2n) is 9.69. The topological polar surface area (TPSA) is 108 Å². The number of amides is 1. The molecule has 0 unspecified atom stereocenters. The predicted octanol–water partition coefficient (Wildman–Crippen LogP) is 3.37. The molecule has 0 bridgehead atoms. The van der Waals surface area contributed by atoms with Crippen LogP contribution in [0.2, 0.25) is 0 Å². The van der Waals surface area contributed by atoms with Crippen molar-refractivity contribution < 1.29 is 9.53 Å². The van der Waals surface area contributed by atoms with Gasteiger partial charge < -0.3 is 15.0 Å². The quantitative estimate of drug-likeness (QED) is 0.538. The maximum Gasteiger partial charge on any atom is 0.407 e. The highest BCUT2D eigenvalue weighted by atomic mass is 16.6. The van der Waals surface area contributed by atoms with Crippen LogP contribution in [0, 0.1) is 0 Å². The highest BCUT2D eigenvalue weighted by Crippen LogP contribution is 2.29. The summed E-state index contributed by atoms with van der Waals surface area (Å²) in [6.45, 7) is 7.73. The van der Waals surface area contributed by atoms with Gasteiger partial charge in [-0.05, 0) is 57.4 Å². The molecule has 1 amide bonds. The number of benzene rings is 1. The van der Waals surface area contributed by atoms with E-state index in [9.17, 15) is 4.79 Å².